The standard InChI is InChI=1S/C21H20N6OS/c28-21(26-17-9-16(10-22-11-17)19-6-7-25-27-19)20(8-15-4-2-1-3-5-15)23-12-18-13-29-14-24-18/h1-7,9-11,13-14,20,23H,8,12H2,(H,25,27)(H,26,28). The van der Waals surface area contributed by atoms with E-state index >= 15 is 0 Å². The Labute approximate surface area is 172 Å². The largest absolute Gasteiger partial charge is 0.323 e. The van der Waals surface area contributed by atoms with E-state index in [2.05, 4.69) is 30.8 Å². The zero-order valence-electron chi connectivity index (χ0n) is 15.6. The van der Waals surface area contributed by atoms with Gasteiger partial charge >= 0.3 is 0 Å². The van der Waals surface area contributed by atoms with Crippen molar-refractivity contribution in [2.24, 2.45) is 0 Å². The van der Waals surface area contributed by atoms with Gasteiger partial charge in [0.1, 0.15) is 0 Å². The molecule has 3 aromatic heterocycles. The predicted octanol–water partition coefficient (Wildman–Crippen LogP) is 3.27. The second-order valence-electron chi connectivity index (χ2n) is 6.52. The fraction of sp³-hybridized carbons (Fsp3) is 0.143. The lowest BCUT2D eigenvalue weighted by atomic mass is 10.0. The van der Waals surface area contributed by atoms with Crippen molar-refractivity contribution in [1.82, 2.24) is 25.5 Å². The highest BCUT2D eigenvalue weighted by atomic mass is 32.1. The van der Waals surface area contributed by atoms with Gasteiger partial charge in [-0.15, -0.1) is 11.3 Å². The SMILES string of the molecule is O=C(Nc1cncc(-c2ccn[nH]2)c1)C(Cc1ccccc1)NCc1cscn1. The fourth-order valence-electron chi connectivity index (χ4n) is 2.96. The van der Waals surface area contributed by atoms with Crippen LogP contribution < -0.4 is 10.6 Å². The number of benzene rings is 1. The summed E-state index contributed by atoms with van der Waals surface area (Å²) in [6, 6.07) is 13.3. The first kappa shape index (κ1) is 19.0. The van der Waals surface area contributed by atoms with Crippen LogP contribution in [0.25, 0.3) is 11.3 Å². The molecule has 0 bridgehead atoms. The Kier molecular flexibility index (Phi) is 6.04. The molecule has 0 saturated heterocycles. The predicted molar refractivity (Wildman–Crippen MR) is 113 cm³/mol. The molecule has 146 valence electrons. The number of H-pyrrole nitrogens is 1. The van der Waals surface area contributed by atoms with Crippen molar-refractivity contribution in [2.75, 3.05) is 5.32 Å². The van der Waals surface area contributed by atoms with Crippen LogP contribution >= 0.6 is 11.3 Å². The van der Waals surface area contributed by atoms with Gasteiger partial charge in [0, 0.05) is 29.9 Å². The molecule has 1 aromatic carbocycles. The van der Waals surface area contributed by atoms with Gasteiger partial charge in [0.05, 0.1) is 34.8 Å². The number of thiazole rings is 1. The Hall–Kier alpha value is -3.36. The van der Waals surface area contributed by atoms with Crippen LogP contribution in [0.4, 0.5) is 5.69 Å². The maximum Gasteiger partial charge on any atom is 0.241 e. The molecule has 0 spiro atoms. The van der Waals surface area contributed by atoms with Crippen molar-refractivity contribution in [3.05, 3.63) is 83.2 Å². The maximum absolute atomic E-state index is 13.0. The number of hydrogen-bond donors (Lipinski definition) is 3. The van der Waals surface area contributed by atoms with Crippen molar-refractivity contribution >= 4 is 22.9 Å². The first-order valence-electron chi connectivity index (χ1n) is 9.18. The molecule has 7 nitrogen and oxygen atoms in total. The van der Waals surface area contributed by atoms with Crippen molar-refractivity contribution < 1.29 is 4.79 Å². The number of nitrogens with one attached hydrogen (secondary N) is 3. The summed E-state index contributed by atoms with van der Waals surface area (Å²) >= 11 is 1.54. The Balaban J connectivity index is 1.48. The summed E-state index contributed by atoms with van der Waals surface area (Å²) in [6.07, 6.45) is 5.62. The molecular weight excluding hydrogens is 384 g/mol. The molecule has 0 aliphatic heterocycles. The van der Waals surface area contributed by atoms with E-state index in [9.17, 15) is 4.79 Å². The molecule has 0 aliphatic rings. The molecule has 0 saturated carbocycles. The average Bonchev–Trinajstić information content (AvgIpc) is 3.46. The maximum atomic E-state index is 13.0. The molecule has 4 aromatic rings. The zero-order valence-corrected chi connectivity index (χ0v) is 16.4. The summed E-state index contributed by atoms with van der Waals surface area (Å²) in [4.78, 5) is 21.6. The van der Waals surface area contributed by atoms with Gasteiger partial charge in [-0.3, -0.25) is 20.2 Å². The molecule has 4 rings (SSSR count). The smallest absolute Gasteiger partial charge is 0.241 e. The van der Waals surface area contributed by atoms with E-state index in [1.165, 1.54) is 11.3 Å². The summed E-state index contributed by atoms with van der Waals surface area (Å²) < 4.78 is 0. The summed E-state index contributed by atoms with van der Waals surface area (Å²) in [7, 11) is 0. The van der Waals surface area contributed by atoms with Crippen LogP contribution in [0.3, 0.4) is 0 Å². The van der Waals surface area contributed by atoms with Crippen LogP contribution in [-0.2, 0) is 17.8 Å². The highest BCUT2D eigenvalue weighted by molar-refractivity contribution is 7.07. The minimum Gasteiger partial charge on any atom is -0.323 e. The fourth-order valence-corrected chi connectivity index (χ4v) is 3.52. The van der Waals surface area contributed by atoms with E-state index in [0.717, 1.165) is 22.5 Å². The van der Waals surface area contributed by atoms with E-state index in [-0.39, 0.29) is 5.91 Å². The van der Waals surface area contributed by atoms with Gasteiger partial charge < -0.3 is 5.32 Å². The van der Waals surface area contributed by atoms with Gasteiger partial charge in [0.25, 0.3) is 0 Å². The minimum absolute atomic E-state index is 0.118. The number of amides is 1. The van der Waals surface area contributed by atoms with Crippen LogP contribution in [0.1, 0.15) is 11.3 Å². The summed E-state index contributed by atoms with van der Waals surface area (Å²) in [5.74, 6) is -0.118. The Morgan fingerprint density at radius 3 is 2.83 bits per heavy atom. The van der Waals surface area contributed by atoms with Crippen molar-refractivity contribution in [1.29, 1.82) is 0 Å². The van der Waals surface area contributed by atoms with Crippen LogP contribution in [0.2, 0.25) is 0 Å². The summed E-state index contributed by atoms with van der Waals surface area (Å²) in [6.45, 7) is 0.529. The van der Waals surface area contributed by atoms with Crippen LogP contribution in [0.5, 0.6) is 0 Å². The first-order valence-corrected chi connectivity index (χ1v) is 10.1. The molecule has 1 atom stereocenters. The number of pyridine rings is 1. The Bertz CT molecular complexity index is 1030. The number of aromatic amines is 1. The molecule has 0 fully saturated rings. The van der Waals surface area contributed by atoms with Gasteiger partial charge in [0.15, 0.2) is 0 Å². The Morgan fingerprint density at radius 2 is 2.07 bits per heavy atom. The molecule has 0 radical (unpaired) electrons. The van der Waals surface area contributed by atoms with Crippen molar-refractivity contribution in [3.8, 4) is 11.3 Å². The monoisotopic (exact) mass is 404 g/mol. The van der Waals surface area contributed by atoms with Gasteiger partial charge in [-0.1, -0.05) is 30.3 Å². The lowest BCUT2D eigenvalue weighted by Crippen LogP contribution is -2.42. The number of carbonyl (C=O) groups is 1. The second-order valence-corrected chi connectivity index (χ2v) is 7.24. The molecule has 3 heterocycles. The normalized spacial score (nSPS) is 11.9. The van der Waals surface area contributed by atoms with Crippen molar-refractivity contribution in [3.63, 3.8) is 0 Å². The van der Waals surface area contributed by atoms with E-state index in [4.69, 9.17) is 0 Å². The van der Waals surface area contributed by atoms with Gasteiger partial charge in [-0.25, -0.2) is 4.98 Å². The molecule has 3 N–H and O–H groups in total. The van der Waals surface area contributed by atoms with E-state index < -0.39 is 6.04 Å². The van der Waals surface area contributed by atoms with Crippen molar-refractivity contribution in [2.45, 2.75) is 19.0 Å². The highest BCUT2D eigenvalue weighted by Crippen LogP contribution is 2.19. The number of anilines is 1. The van der Waals surface area contributed by atoms with E-state index in [0.29, 0.717) is 18.7 Å². The summed E-state index contributed by atoms with van der Waals surface area (Å²) in [5.41, 5.74) is 6.13. The molecule has 0 aliphatic carbocycles. The molecular formula is C21H20N6OS. The van der Waals surface area contributed by atoms with Gasteiger partial charge in [0.2, 0.25) is 5.91 Å². The number of hydrogen-bond acceptors (Lipinski definition) is 6. The topological polar surface area (TPSA) is 95.6 Å². The van der Waals surface area contributed by atoms with Gasteiger partial charge in [-0.05, 0) is 24.1 Å². The van der Waals surface area contributed by atoms with Crippen LogP contribution in [0.15, 0.2) is 71.9 Å². The average molecular weight is 404 g/mol. The highest BCUT2D eigenvalue weighted by Gasteiger charge is 2.19. The lowest BCUT2D eigenvalue weighted by molar-refractivity contribution is -0.118. The van der Waals surface area contributed by atoms with Crippen LogP contribution in [-0.4, -0.2) is 32.1 Å². The van der Waals surface area contributed by atoms with Gasteiger partial charge in [-0.2, -0.15) is 5.10 Å². The molecule has 1 unspecified atom stereocenters. The number of aromatic nitrogens is 4. The van der Waals surface area contributed by atoms with E-state index in [1.807, 2.05) is 47.8 Å². The number of rotatable bonds is 8. The quantitative estimate of drug-likeness (QED) is 0.419. The third kappa shape index (κ3) is 5.13. The van der Waals surface area contributed by atoms with Crippen LogP contribution in [0, 0.1) is 0 Å². The first-order chi connectivity index (χ1) is 14.3. The third-order valence-electron chi connectivity index (χ3n) is 4.43. The van der Waals surface area contributed by atoms with E-state index in [1.54, 1.807) is 24.1 Å². The molecule has 29 heavy (non-hydrogen) atoms. The molecule has 1 amide bonds. The number of carbonyl (C=O) groups excluding carboxylic acids is 1. The molecule has 8 heteroatoms. The zero-order chi connectivity index (χ0) is 19.9. The second kappa shape index (κ2) is 9.22. The Morgan fingerprint density at radius 1 is 1.17 bits per heavy atom. The summed E-state index contributed by atoms with van der Waals surface area (Å²) in [5, 5.41) is 15.1. The minimum atomic E-state index is -0.407. The number of nitrogens with zero attached hydrogens (tertiary/aromatic N) is 3. The lowest BCUT2D eigenvalue weighted by Gasteiger charge is -2.18. The third-order valence-corrected chi connectivity index (χ3v) is 5.06.